The van der Waals surface area contributed by atoms with Crippen molar-refractivity contribution in [2.45, 2.75) is 11.8 Å². The van der Waals surface area contributed by atoms with Crippen LogP contribution in [0.25, 0.3) is 10.6 Å². The summed E-state index contributed by atoms with van der Waals surface area (Å²) < 4.78 is 36.1. The molecule has 0 radical (unpaired) electrons. The number of benzene rings is 2. The van der Waals surface area contributed by atoms with Crippen molar-refractivity contribution in [1.29, 1.82) is 0 Å². The Hall–Kier alpha value is -1.79. The van der Waals surface area contributed by atoms with Crippen LogP contribution in [0.2, 0.25) is 0 Å². The third-order valence-corrected chi connectivity index (χ3v) is 5.39. The van der Waals surface area contributed by atoms with Gasteiger partial charge in [0.1, 0.15) is 5.82 Å². The lowest BCUT2D eigenvalue weighted by molar-refractivity contribution is 0.602. The molecule has 0 aliphatic heterocycles. The van der Waals surface area contributed by atoms with Crippen LogP contribution < -0.4 is 5.73 Å². The normalized spacial score (nSPS) is 12.8. The molecule has 0 spiro atoms. The number of hydrogen-bond donors (Lipinski definition) is 1. The van der Waals surface area contributed by atoms with Gasteiger partial charge in [0.05, 0.1) is 10.6 Å². The lowest BCUT2D eigenvalue weighted by Crippen LogP contribution is -2.02. The molecule has 23 heavy (non-hydrogen) atoms. The van der Waals surface area contributed by atoms with Crippen LogP contribution in [0.5, 0.6) is 0 Å². The zero-order valence-electron chi connectivity index (χ0n) is 12.9. The fourth-order valence-corrected chi connectivity index (χ4v) is 3.57. The Morgan fingerprint density at radius 2 is 1.57 bits per heavy atom. The fourth-order valence-electron chi connectivity index (χ4n) is 2.07. The van der Waals surface area contributed by atoms with E-state index in [0.29, 0.717) is 5.70 Å². The number of hydrogen-bond acceptors (Lipinski definition) is 4. The van der Waals surface area contributed by atoms with Gasteiger partial charge < -0.3 is 5.73 Å². The second kappa shape index (κ2) is 7.19. The average molecular weight is 351 g/mol. The van der Waals surface area contributed by atoms with Crippen LogP contribution in [0, 0.1) is 5.82 Å². The van der Waals surface area contributed by atoms with Crippen LogP contribution in [0.4, 0.5) is 4.39 Å². The number of nitrogens with two attached hydrogens (primary N) is 1. The Morgan fingerprint density at radius 1 is 1.04 bits per heavy atom. The number of halogens is 1. The van der Waals surface area contributed by atoms with Gasteiger partial charge in [0, 0.05) is 11.2 Å². The van der Waals surface area contributed by atoms with Crippen molar-refractivity contribution in [1.82, 2.24) is 0 Å². The highest BCUT2D eigenvalue weighted by molar-refractivity contribution is 8.08. The van der Waals surface area contributed by atoms with E-state index in [1.165, 1.54) is 24.3 Å². The van der Waals surface area contributed by atoms with Crippen LogP contribution in [0.3, 0.4) is 0 Å². The van der Waals surface area contributed by atoms with Gasteiger partial charge in [-0.25, -0.2) is 12.8 Å². The van der Waals surface area contributed by atoms with E-state index in [2.05, 4.69) is 0 Å². The van der Waals surface area contributed by atoms with E-state index in [-0.39, 0.29) is 10.7 Å². The molecule has 0 saturated heterocycles. The smallest absolute Gasteiger partial charge is 0.175 e. The molecule has 0 bridgehead atoms. The minimum Gasteiger partial charge on any atom is -0.397 e. The van der Waals surface area contributed by atoms with Crippen molar-refractivity contribution in [3.8, 4) is 0 Å². The summed E-state index contributed by atoms with van der Waals surface area (Å²) in [5.41, 5.74) is 8.39. The summed E-state index contributed by atoms with van der Waals surface area (Å²) in [5, 5.41) is 0. The van der Waals surface area contributed by atoms with E-state index in [9.17, 15) is 12.8 Å². The minimum absolute atomic E-state index is 0.250. The molecule has 0 atom stereocenters. The molecule has 0 unspecified atom stereocenters. The molecule has 0 fully saturated rings. The van der Waals surface area contributed by atoms with Crippen molar-refractivity contribution >= 4 is 32.2 Å². The van der Waals surface area contributed by atoms with Gasteiger partial charge in [-0.3, -0.25) is 0 Å². The van der Waals surface area contributed by atoms with Crippen molar-refractivity contribution in [3.05, 3.63) is 65.5 Å². The molecular weight excluding hydrogens is 333 g/mol. The summed E-state index contributed by atoms with van der Waals surface area (Å²) in [7, 11) is -3.24. The summed E-state index contributed by atoms with van der Waals surface area (Å²) in [6, 6.07) is 12.6. The van der Waals surface area contributed by atoms with E-state index in [0.717, 1.165) is 28.0 Å². The molecular formula is C17H18FNO2S2. The van der Waals surface area contributed by atoms with Gasteiger partial charge in [0.15, 0.2) is 9.84 Å². The predicted molar refractivity (Wildman–Crippen MR) is 95.1 cm³/mol. The van der Waals surface area contributed by atoms with Gasteiger partial charge in [0.25, 0.3) is 0 Å². The third-order valence-electron chi connectivity index (χ3n) is 3.23. The summed E-state index contributed by atoms with van der Waals surface area (Å²) >= 11 is 1.56. The molecule has 0 saturated carbocycles. The maximum absolute atomic E-state index is 13.1. The Bertz CT molecular complexity index is 811. The van der Waals surface area contributed by atoms with E-state index >= 15 is 0 Å². The van der Waals surface area contributed by atoms with E-state index < -0.39 is 9.84 Å². The van der Waals surface area contributed by atoms with Crippen LogP contribution in [0.15, 0.2) is 53.4 Å². The Balaban J connectivity index is 2.48. The van der Waals surface area contributed by atoms with E-state index in [4.69, 9.17) is 5.73 Å². The summed E-state index contributed by atoms with van der Waals surface area (Å²) in [6.07, 6.45) is 1.16. The molecule has 0 aliphatic carbocycles. The van der Waals surface area contributed by atoms with E-state index in [1.54, 1.807) is 36.0 Å². The fraction of sp³-hybridized carbons (Fsp3) is 0.176. The molecule has 0 amide bonds. The second-order valence-electron chi connectivity index (χ2n) is 4.98. The number of sulfone groups is 1. The topological polar surface area (TPSA) is 60.2 Å². The molecule has 122 valence electrons. The maximum atomic E-state index is 13.1. The van der Waals surface area contributed by atoms with Crippen LogP contribution in [-0.2, 0) is 9.84 Å². The highest BCUT2D eigenvalue weighted by atomic mass is 32.2. The predicted octanol–water partition coefficient (Wildman–Crippen LogP) is 3.77. The second-order valence-corrected chi connectivity index (χ2v) is 8.27. The SMILES string of the molecule is CCS/C(=C(\N)c1ccc(S(C)(=O)=O)cc1)c1ccc(F)cc1. The van der Waals surface area contributed by atoms with Gasteiger partial charge in [-0.15, -0.1) is 11.8 Å². The van der Waals surface area contributed by atoms with Crippen molar-refractivity contribution < 1.29 is 12.8 Å². The zero-order chi connectivity index (χ0) is 17.0. The Morgan fingerprint density at radius 3 is 2.04 bits per heavy atom. The minimum atomic E-state index is -3.24. The Kier molecular flexibility index (Phi) is 5.49. The monoisotopic (exact) mass is 351 g/mol. The Labute approximate surface area is 140 Å². The first-order valence-electron chi connectivity index (χ1n) is 7.02. The van der Waals surface area contributed by atoms with Crippen molar-refractivity contribution in [2.75, 3.05) is 12.0 Å². The summed E-state index contributed by atoms with van der Waals surface area (Å²) in [4.78, 5) is 1.10. The van der Waals surface area contributed by atoms with Gasteiger partial charge in [-0.1, -0.05) is 31.2 Å². The first-order valence-corrected chi connectivity index (χ1v) is 9.89. The molecule has 2 aromatic rings. The number of rotatable bonds is 5. The summed E-state index contributed by atoms with van der Waals surface area (Å²) in [5.74, 6) is 0.514. The van der Waals surface area contributed by atoms with Gasteiger partial charge in [0.2, 0.25) is 0 Å². The first kappa shape index (κ1) is 17.6. The lowest BCUT2D eigenvalue weighted by atomic mass is 10.1. The average Bonchev–Trinajstić information content (AvgIpc) is 2.52. The van der Waals surface area contributed by atoms with Crippen LogP contribution >= 0.6 is 11.8 Å². The standard InChI is InChI=1S/C17H18FNO2S2/c1-3-22-17(13-4-8-14(18)9-5-13)16(19)12-6-10-15(11-7-12)23(2,20)21/h4-11H,3,19H2,1-2H3/b17-16-. The van der Waals surface area contributed by atoms with Crippen molar-refractivity contribution in [3.63, 3.8) is 0 Å². The molecule has 0 heterocycles. The zero-order valence-corrected chi connectivity index (χ0v) is 14.5. The van der Waals surface area contributed by atoms with Gasteiger partial charge in [-0.05, 0) is 41.1 Å². The maximum Gasteiger partial charge on any atom is 0.175 e. The molecule has 6 heteroatoms. The molecule has 2 rings (SSSR count). The molecule has 3 nitrogen and oxygen atoms in total. The first-order chi connectivity index (χ1) is 10.8. The quantitative estimate of drug-likeness (QED) is 0.833. The molecule has 2 N–H and O–H groups in total. The third kappa shape index (κ3) is 4.36. The molecule has 0 aliphatic rings. The molecule has 2 aromatic carbocycles. The molecule has 0 aromatic heterocycles. The van der Waals surface area contributed by atoms with Crippen LogP contribution in [0.1, 0.15) is 18.1 Å². The lowest BCUT2D eigenvalue weighted by Gasteiger charge is -2.12. The summed E-state index contributed by atoms with van der Waals surface area (Å²) in [6.45, 7) is 2.01. The van der Waals surface area contributed by atoms with Gasteiger partial charge in [-0.2, -0.15) is 0 Å². The van der Waals surface area contributed by atoms with Crippen molar-refractivity contribution in [2.24, 2.45) is 5.73 Å². The highest BCUT2D eigenvalue weighted by Crippen LogP contribution is 2.33. The van der Waals surface area contributed by atoms with Crippen LogP contribution in [-0.4, -0.2) is 20.4 Å². The van der Waals surface area contributed by atoms with E-state index in [1.807, 2.05) is 6.92 Å². The number of thioether (sulfide) groups is 1. The highest BCUT2D eigenvalue weighted by Gasteiger charge is 2.11. The largest absolute Gasteiger partial charge is 0.397 e. The van der Waals surface area contributed by atoms with Gasteiger partial charge >= 0.3 is 0 Å².